The minimum absolute atomic E-state index is 0. The highest BCUT2D eigenvalue weighted by Gasteiger charge is 2.11. The molecule has 0 radical (unpaired) electrons. The van der Waals surface area contributed by atoms with Crippen LogP contribution in [-0.4, -0.2) is 45.5 Å². The van der Waals surface area contributed by atoms with Crippen LogP contribution in [0.4, 0.5) is 8.78 Å². The van der Waals surface area contributed by atoms with Gasteiger partial charge in [0.25, 0.3) is 0 Å². The van der Waals surface area contributed by atoms with Crippen LogP contribution in [0.5, 0.6) is 11.5 Å². The number of guanidine groups is 1. The lowest BCUT2D eigenvalue weighted by Crippen LogP contribution is -2.37. The standard InChI is InChI=1S/C20H33F2N3O3.HI/c1-4-12-27-17-10-9-16(18(14-17)28-19(21)22)15-25-20(23-5-2)24-11-7-8-13-26-6-3;/h9-10,14,19H,4-8,11-13,15H2,1-3H3,(H2,23,24,25);1H. The van der Waals surface area contributed by atoms with Crippen molar-refractivity contribution in [3.63, 3.8) is 0 Å². The van der Waals surface area contributed by atoms with Crippen LogP contribution in [0.15, 0.2) is 23.2 Å². The van der Waals surface area contributed by atoms with E-state index in [1.54, 1.807) is 12.1 Å². The van der Waals surface area contributed by atoms with Gasteiger partial charge in [0.1, 0.15) is 11.5 Å². The van der Waals surface area contributed by atoms with E-state index in [1.165, 1.54) is 6.07 Å². The molecule has 6 nitrogen and oxygen atoms in total. The number of hydrogen-bond donors (Lipinski definition) is 2. The molecule has 0 atom stereocenters. The zero-order valence-electron chi connectivity index (χ0n) is 17.5. The summed E-state index contributed by atoms with van der Waals surface area (Å²) in [4.78, 5) is 4.47. The fraction of sp³-hybridized carbons (Fsp3) is 0.650. The average molecular weight is 529 g/mol. The number of alkyl halides is 2. The van der Waals surface area contributed by atoms with Crippen LogP contribution in [0.25, 0.3) is 0 Å². The maximum absolute atomic E-state index is 12.8. The summed E-state index contributed by atoms with van der Waals surface area (Å²) in [6.07, 6.45) is 2.75. The maximum Gasteiger partial charge on any atom is 0.387 e. The van der Waals surface area contributed by atoms with Gasteiger partial charge in [-0.05, 0) is 45.2 Å². The third kappa shape index (κ3) is 12.7. The lowest BCUT2D eigenvalue weighted by molar-refractivity contribution is -0.0505. The van der Waals surface area contributed by atoms with E-state index in [-0.39, 0.29) is 36.3 Å². The minimum Gasteiger partial charge on any atom is -0.493 e. The Morgan fingerprint density at radius 2 is 1.90 bits per heavy atom. The van der Waals surface area contributed by atoms with Crippen molar-refractivity contribution in [1.29, 1.82) is 0 Å². The van der Waals surface area contributed by atoms with Crippen LogP contribution in [0, 0.1) is 0 Å². The van der Waals surface area contributed by atoms with E-state index >= 15 is 0 Å². The zero-order valence-corrected chi connectivity index (χ0v) is 19.8. The molecule has 0 aliphatic rings. The molecule has 0 spiro atoms. The van der Waals surface area contributed by atoms with Crippen LogP contribution in [0.3, 0.4) is 0 Å². The molecule has 9 heteroatoms. The number of hydrogen-bond acceptors (Lipinski definition) is 4. The summed E-state index contributed by atoms with van der Waals surface area (Å²) in [7, 11) is 0. The van der Waals surface area contributed by atoms with Crippen molar-refractivity contribution in [2.24, 2.45) is 4.99 Å². The lowest BCUT2D eigenvalue weighted by atomic mass is 10.2. The summed E-state index contributed by atoms with van der Waals surface area (Å²) in [5.41, 5.74) is 0.567. The third-order valence-corrected chi connectivity index (χ3v) is 3.69. The van der Waals surface area contributed by atoms with E-state index in [1.807, 2.05) is 20.8 Å². The van der Waals surface area contributed by atoms with E-state index in [2.05, 4.69) is 20.4 Å². The van der Waals surface area contributed by atoms with Crippen LogP contribution in [-0.2, 0) is 11.3 Å². The number of aliphatic imine (C=N–C) groups is 1. The normalized spacial score (nSPS) is 11.2. The Bertz CT molecular complexity index is 578. The van der Waals surface area contributed by atoms with Gasteiger partial charge >= 0.3 is 6.61 Å². The number of nitrogens with zero attached hydrogens (tertiary/aromatic N) is 1. The molecule has 0 aliphatic carbocycles. The van der Waals surface area contributed by atoms with E-state index in [9.17, 15) is 8.78 Å². The molecule has 29 heavy (non-hydrogen) atoms. The summed E-state index contributed by atoms with van der Waals surface area (Å²) in [6.45, 7) is 6.67. The first-order valence-electron chi connectivity index (χ1n) is 9.91. The van der Waals surface area contributed by atoms with Crippen molar-refractivity contribution >= 4 is 29.9 Å². The monoisotopic (exact) mass is 529 g/mol. The van der Waals surface area contributed by atoms with Gasteiger partial charge in [-0.3, -0.25) is 0 Å². The summed E-state index contributed by atoms with van der Waals surface area (Å²) in [5, 5.41) is 6.39. The first-order valence-corrected chi connectivity index (χ1v) is 9.91. The zero-order chi connectivity index (χ0) is 20.6. The molecule has 0 fully saturated rings. The van der Waals surface area contributed by atoms with Gasteiger partial charge in [0.05, 0.1) is 13.2 Å². The van der Waals surface area contributed by atoms with Gasteiger partial charge in [-0.15, -0.1) is 24.0 Å². The van der Waals surface area contributed by atoms with E-state index in [0.717, 1.165) is 39.0 Å². The van der Waals surface area contributed by atoms with Gasteiger partial charge in [-0.25, -0.2) is 4.99 Å². The number of benzene rings is 1. The second-order valence-electron chi connectivity index (χ2n) is 6.02. The topological polar surface area (TPSA) is 64.1 Å². The molecule has 0 saturated carbocycles. The van der Waals surface area contributed by atoms with E-state index in [0.29, 0.717) is 30.4 Å². The Morgan fingerprint density at radius 3 is 2.55 bits per heavy atom. The predicted octanol–water partition coefficient (Wildman–Crippen LogP) is 4.57. The Hall–Kier alpha value is -1.36. The number of rotatable bonds is 14. The molecule has 0 aliphatic heterocycles. The second-order valence-corrected chi connectivity index (χ2v) is 6.02. The molecule has 0 bridgehead atoms. The quantitative estimate of drug-likeness (QED) is 0.160. The fourth-order valence-corrected chi connectivity index (χ4v) is 2.37. The van der Waals surface area contributed by atoms with Crippen molar-refractivity contribution in [3.8, 4) is 11.5 Å². The lowest BCUT2D eigenvalue weighted by Gasteiger charge is -2.14. The van der Waals surface area contributed by atoms with Crippen LogP contribution in [0.2, 0.25) is 0 Å². The highest BCUT2D eigenvalue weighted by molar-refractivity contribution is 14.0. The van der Waals surface area contributed by atoms with Crippen LogP contribution in [0.1, 0.15) is 45.6 Å². The summed E-state index contributed by atoms with van der Waals surface area (Å²) in [5.74, 6) is 1.22. The molecular weight excluding hydrogens is 495 g/mol. The van der Waals surface area contributed by atoms with Crippen LogP contribution >= 0.6 is 24.0 Å². The molecule has 0 heterocycles. The molecule has 2 N–H and O–H groups in total. The molecule has 1 aromatic carbocycles. The highest BCUT2D eigenvalue weighted by atomic mass is 127. The average Bonchev–Trinajstić information content (AvgIpc) is 2.67. The molecular formula is C20H34F2IN3O3. The molecule has 0 amide bonds. The number of nitrogens with one attached hydrogen (secondary N) is 2. The first kappa shape index (κ1) is 27.6. The van der Waals surface area contributed by atoms with Gasteiger partial charge in [0.15, 0.2) is 5.96 Å². The second kappa shape index (κ2) is 17.5. The Morgan fingerprint density at radius 1 is 1.10 bits per heavy atom. The van der Waals surface area contributed by atoms with Crippen molar-refractivity contribution < 1.29 is 23.0 Å². The molecule has 1 rings (SSSR count). The molecule has 0 saturated heterocycles. The SMILES string of the molecule is CCCOc1ccc(CN=C(NCC)NCCCCOCC)c(OC(F)F)c1.I. The largest absolute Gasteiger partial charge is 0.493 e. The summed E-state index contributed by atoms with van der Waals surface area (Å²) < 4.78 is 41.0. The van der Waals surface area contributed by atoms with E-state index in [4.69, 9.17) is 9.47 Å². The molecule has 168 valence electrons. The number of unbranched alkanes of at least 4 members (excludes halogenated alkanes) is 1. The smallest absolute Gasteiger partial charge is 0.387 e. The van der Waals surface area contributed by atoms with Gasteiger partial charge < -0.3 is 24.8 Å². The summed E-state index contributed by atoms with van der Waals surface area (Å²) >= 11 is 0. The number of ether oxygens (including phenoxy) is 3. The van der Waals surface area contributed by atoms with E-state index < -0.39 is 6.61 Å². The Balaban J connectivity index is 0.00000784. The molecule has 0 unspecified atom stereocenters. The van der Waals surface area contributed by atoms with Gasteiger partial charge in [0.2, 0.25) is 0 Å². The fourth-order valence-electron chi connectivity index (χ4n) is 2.37. The number of halogens is 3. The first-order chi connectivity index (χ1) is 13.6. The van der Waals surface area contributed by atoms with Gasteiger partial charge in [-0.1, -0.05) is 6.92 Å². The summed E-state index contributed by atoms with van der Waals surface area (Å²) in [6, 6.07) is 4.94. The van der Waals surface area contributed by atoms with Gasteiger partial charge in [-0.2, -0.15) is 8.78 Å². The maximum atomic E-state index is 12.8. The van der Waals surface area contributed by atoms with Crippen LogP contribution < -0.4 is 20.1 Å². The Kier molecular flexibility index (Phi) is 16.7. The molecule has 1 aromatic rings. The third-order valence-electron chi connectivity index (χ3n) is 3.69. The predicted molar refractivity (Wildman–Crippen MR) is 123 cm³/mol. The Labute approximate surface area is 189 Å². The van der Waals surface area contributed by atoms with Crippen molar-refractivity contribution in [3.05, 3.63) is 23.8 Å². The van der Waals surface area contributed by atoms with Crippen molar-refractivity contribution in [2.75, 3.05) is 32.9 Å². The molecule has 0 aromatic heterocycles. The minimum atomic E-state index is -2.90. The highest BCUT2D eigenvalue weighted by Crippen LogP contribution is 2.27. The van der Waals surface area contributed by atoms with Crippen molar-refractivity contribution in [2.45, 2.75) is 53.2 Å². The van der Waals surface area contributed by atoms with Gasteiger partial charge in [0, 0.05) is 37.9 Å². The van der Waals surface area contributed by atoms with Crippen molar-refractivity contribution in [1.82, 2.24) is 10.6 Å².